The van der Waals surface area contributed by atoms with Gasteiger partial charge in [0.2, 0.25) is 5.91 Å². The number of carbonyl (C=O) groups is 1. The first-order valence-electron chi connectivity index (χ1n) is 24.3. The lowest BCUT2D eigenvalue weighted by Gasteiger charge is -2.21. The highest BCUT2D eigenvalue weighted by Gasteiger charge is 2.22. The summed E-state index contributed by atoms with van der Waals surface area (Å²) in [5.74, 6) is -0.516. The second kappa shape index (κ2) is 45.3. The molecule has 0 aromatic heterocycles. The van der Waals surface area contributed by atoms with Gasteiger partial charge in [0.15, 0.2) is 0 Å². The molecule has 0 aliphatic heterocycles. The van der Waals surface area contributed by atoms with Crippen molar-refractivity contribution in [2.24, 2.45) is 0 Å². The van der Waals surface area contributed by atoms with Gasteiger partial charge in [0.1, 0.15) is 6.10 Å². The fraction of sp³-hybridized carbons (Fsp3) is 0.860. The Bertz CT molecular complexity index is 855. The SMILES string of the molecule is CCC/C=C/CC/C=C/CC/C=C/C(O)C(CO)NC(=O)C(O)CCCCCCCCCCCCCCCCCCCCCCCCCCCCCCCC. The van der Waals surface area contributed by atoms with Gasteiger partial charge < -0.3 is 20.6 Å². The van der Waals surface area contributed by atoms with Crippen LogP contribution in [-0.2, 0) is 4.79 Å². The van der Waals surface area contributed by atoms with E-state index >= 15 is 0 Å². The Morgan fingerprint density at radius 1 is 0.436 bits per heavy atom. The molecule has 324 valence electrons. The van der Waals surface area contributed by atoms with Crippen LogP contribution >= 0.6 is 0 Å². The van der Waals surface area contributed by atoms with Gasteiger partial charge in [0.05, 0.1) is 18.8 Å². The minimum Gasteiger partial charge on any atom is -0.394 e. The number of aliphatic hydroxyl groups is 3. The summed E-state index contributed by atoms with van der Waals surface area (Å²) in [6.07, 6.45) is 57.9. The summed E-state index contributed by atoms with van der Waals surface area (Å²) in [6.45, 7) is 4.10. The summed E-state index contributed by atoms with van der Waals surface area (Å²) in [5.41, 5.74) is 0. The van der Waals surface area contributed by atoms with Crippen molar-refractivity contribution in [3.05, 3.63) is 36.5 Å². The fourth-order valence-corrected chi connectivity index (χ4v) is 7.40. The van der Waals surface area contributed by atoms with Crippen molar-refractivity contribution in [3.63, 3.8) is 0 Å². The highest BCUT2D eigenvalue weighted by Crippen LogP contribution is 2.17. The molecular weight excluding hydrogens is 679 g/mol. The molecule has 0 spiro atoms. The van der Waals surface area contributed by atoms with Gasteiger partial charge in [-0.1, -0.05) is 249 Å². The van der Waals surface area contributed by atoms with Crippen LogP contribution in [0.3, 0.4) is 0 Å². The van der Waals surface area contributed by atoms with Gasteiger partial charge in [-0.2, -0.15) is 0 Å². The molecule has 0 aromatic carbocycles. The molecule has 0 fully saturated rings. The number of carbonyl (C=O) groups excluding carboxylic acids is 1. The van der Waals surface area contributed by atoms with E-state index in [0.717, 1.165) is 51.4 Å². The highest BCUT2D eigenvalue weighted by atomic mass is 16.3. The smallest absolute Gasteiger partial charge is 0.249 e. The lowest BCUT2D eigenvalue weighted by molar-refractivity contribution is -0.131. The summed E-state index contributed by atoms with van der Waals surface area (Å²) in [7, 11) is 0. The van der Waals surface area contributed by atoms with E-state index in [1.807, 2.05) is 6.08 Å². The number of nitrogens with one attached hydrogen (secondary N) is 1. The molecule has 0 aliphatic carbocycles. The number of aliphatic hydroxyl groups excluding tert-OH is 3. The Kier molecular flexibility index (Phi) is 44.1. The number of hydrogen-bond donors (Lipinski definition) is 4. The number of hydrogen-bond acceptors (Lipinski definition) is 4. The molecule has 0 radical (unpaired) electrons. The molecule has 0 aromatic rings. The van der Waals surface area contributed by atoms with Crippen LogP contribution in [0.25, 0.3) is 0 Å². The van der Waals surface area contributed by atoms with Gasteiger partial charge in [0.25, 0.3) is 0 Å². The van der Waals surface area contributed by atoms with Gasteiger partial charge in [-0.05, 0) is 38.5 Å². The van der Waals surface area contributed by atoms with Crippen LogP contribution < -0.4 is 5.32 Å². The molecule has 0 saturated carbocycles. The van der Waals surface area contributed by atoms with E-state index in [1.54, 1.807) is 6.08 Å². The van der Waals surface area contributed by atoms with Crippen LogP contribution in [0.5, 0.6) is 0 Å². The van der Waals surface area contributed by atoms with Crippen molar-refractivity contribution in [3.8, 4) is 0 Å². The third kappa shape index (κ3) is 40.6. The summed E-state index contributed by atoms with van der Waals surface area (Å²) in [5, 5.41) is 33.0. The molecule has 5 heteroatoms. The molecule has 0 bridgehead atoms. The summed E-state index contributed by atoms with van der Waals surface area (Å²) < 4.78 is 0. The molecule has 0 heterocycles. The van der Waals surface area contributed by atoms with Gasteiger partial charge in [-0.15, -0.1) is 0 Å². The van der Waals surface area contributed by atoms with E-state index in [0.29, 0.717) is 6.42 Å². The zero-order valence-electron chi connectivity index (χ0n) is 36.8. The molecule has 55 heavy (non-hydrogen) atoms. The molecule has 4 N–H and O–H groups in total. The van der Waals surface area contributed by atoms with Gasteiger partial charge in [-0.25, -0.2) is 0 Å². The van der Waals surface area contributed by atoms with E-state index < -0.39 is 24.2 Å². The quantitative estimate of drug-likeness (QED) is 0.0367. The van der Waals surface area contributed by atoms with E-state index in [1.165, 1.54) is 180 Å². The minimum absolute atomic E-state index is 0.380. The third-order valence-electron chi connectivity index (χ3n) is 11.2. The molecule has 0 saturated heterocycles. The first-order chi connectivity index (χ1) is 27.1. The Morgan fingerprint density at radius 2 is 0.745 bits per heavy atom. The number of rotatable bonds is 44. The van der Waals surface area contributed by atoms with Crippen LogP contribution in [0.15, 0.2) is 36.5 Å². The zero-order chi connectivity index (χ0) is 40.1. The van der Waals surface area contributed by atoms with E-state index in [2.05, 4.69) is 43.5 Å². The molecule has 3 unspecified atom stereocenters. The van der Waals surface area contributed by atoms with Crippen molar-refractivity contribution in [1.29, 1.82) is 0 Å². The van der Waals surface area contributed by atoms with Crippen LogP contribution in [0.4, 0.5) is 0 Å². The Morgan fingerprint density at radius 3 is 1.07 bits per heavy atom. The van der Waals surface area contributed by atoms with Gasteiger partial charge in [-0.3, -0.25) is 4.79 Å². The van der Waals surface area contributed by atoms with Crippen molar-refractivity contribution in [1.82, 2.24) is 5.32 Å². The number of allylic oxidation sites excluding steroid dienone is 5. The van der Waals surface area contributed by atoms with Crippen LogP contribution in [-0.4, -0.2) is 46.1 Å². The Labute approximate surface area is 343 Å². The first kappa shape index (κ1) is 53.6. The molecule has 0 aliphatic rings. The average Bonchev–Trinajstić information content (AvgIpc) is 3.19. The maximum absolute atomic E-state index is 12.4. The average molecular weight is 774 g/mol. The Balaban J connectivity index is 3.51. The van der Waals surface area contributed by atoms with Crippen molar-refractivity contribution >= 4 is 5.91 Å². The monoisotopic (exact) mass is 774 g/mol. The second-order valence-corrected chi connectivity index (χ2v) is 16.7. The number of unbranched alkanes of at least 4 members (excludes halogenated alkanes) is 32. The Hall–Kier alpha value is -1.43. The van der Waals surface area contributed by atoms with Crippen LogP contribution in [0.1, 0.15) is 251 Å². The van der Waals surface area contributed by atoms with Crippen LogP contribution in [0.2, 0.25) is 0 Å². The highest BCUT2D eigenvalue weighted by molar-refractivity contribution is 5.80. The second-order valence-electron chi connectivity index (χ2n) is 16.7. The van der Waals surface area contributed by atoms with Gasteiger partial charge in [0, 0.05) is 0 Å². The predicted octanol–water partition coefficient (Wildman–Crippen LogP) is 14.3. The first-order valence-corrected chi connectivity index (χ1v) is 24.3. The standard InChI is InChI=1S/C50H95NO4/c1-3-5-7-9-11-13-15-16-17-18-19-20-21-22-23-24-25-26-27-28-29-30-31-32-33-35-37-39-41-43-45-49(54)50(55)51-47(46-52)48(53)44-42-40-38-36-34-14-12-10-8-6-4-2/h8,10,34,36,42,44,47-49,52-54H,3-7,9,11-33,35,37-41,43,45-46H2,1-2H3,(H,51,55)/b10-8+,36-34+,44-42+. The maximum atomic E-state index is 12.4. The lowest BCUT2D eigenvalue weighted by Crippen LogP contribution is -2.48. The van der Waals surface area contributed by atoms with Gasteiger partial charge >= 0.3 is 0 Å². The largest absolute Gasteiger partial charge is 0.394 e. The fourth-order valence-electron chi connectivity index (χ4n) is 7.40. The van der Waals surface area contributed by atoms with Crippen molar-refractivity contribution < 1.29 is 20.1 Å². The minimum atomic E-state index is -1.11. The molecule has 0 rings (SSSR count). The summed E-state index contributed by atoms with van der Waals surface area (Å²) in [6, 6.07) is -0.817. The molecule has 1 amide bonds. The van der Waals surface area contributed by atoms with E-state index in [4.69, 9.17) is 0 Å². The zero-order valence-corrected chi connectivity index (χ0v) is 36.8. The van der Waals surface area contributed by atoms with E-state index in [-0.39, 0.29) is 6.61 Å². The summed E-state index contributed by atoms with van der Waals surface area (Å²) >= 11 is 0. The lowest BCUT2D eigenvalue weighted by atomic mass is 10.0. The molecular formula is C50H95NO4. The third-order valence-corrected chi connectivity index (χ3v) is 11.2. The molecule has 3 atom stereocenters. The topological polar surface area (TPSA) is 89.8 Å². The summed E-state index contributed by atoms with van der Waals surface area (Å²) in [4.78, 5) is 12.4. The number of amides is 1. The van der Waals surface area contributed by atoms with Crippen LogP contribution in [0, 0.1) is 0 Å². The van der Waals surface area contributed by atoms with Crippen molar-refractivity contribution in [2.45, 2.75) is 270 Å². The normalized spacial score (nSPS) is 13.8. The van der Waals surface area contributed by atoms with Crippen molar-refractivity contribution in [2.75, 3.05) is 6.61 Å². The van der Waals surface area contributed by atoms with E-state index in [9.17, 15) is 20.1 Å². The predicted molar refractivity (Wildman–Crippen MR) is 241 cm³/mol. The molecule has 5 nitrogen and oxygen atoms in total. The maximum Gasteiger partial charge on any atom is 0.249 e.